The quantitative estimate of drug-likeness (QED) is 0.755. The molecule has 0 aromatic heterocycles. The van der Waals surface area contributed by atoms with Gasteiger partial charge in [0.15, 0.2) is 0 Å². The molecule has 1 fully saturated rings. The number of rotatable bonds is 5. The van der Waals surface area contributed by atoms with E-state index in [0.29, 0.717) is 12.6 Å². The lowest BCUT2D eigenvalue weighted by atomic mass is 9.90. The average molecular weight is 227 g/mol. The van der Waals surface area contributed by atoms with E-state index in [-0.39, 0.29) is 5.54 Å². The standard InChI is InChI=1S/C14H29NO/c1-3-14(2,11-12-16)15-13-9-7-5-4-6-8-10-13/h13,15-16H,3-12H2,1-2H3. The van der Waals surface area contributed by atoms with E-state index in [9.17, 15) is 0 Å². The molecule has 2 heteroatoms. The van der Waals surface area contributed by atoms with Crippen LogP contribution in [0.25, 0.3) is 0 Å². The van der Waals surface area contributed by atoms with Gasteiger partial charge in [0.05, 0.1) is 0 Å². The molecule has 0 radical (unpaired) electrons. The van der Waals surface area contributed by atoms with Gasteiger partial charge in [-0.1, -0.05) is 39.0 Å². The van der Waals surface area contributed by atoms with E-state index in [4.69, 9.17) is 5.11 Å². The van der Waals surface area contributed by atoms with Gasteiger partial charge in [-0.15, -0.1) is 0 Å². The molecule has 0 heterocycles. The molecule has 0 saturated heterocycles. The maximum absolute atomic E-state index is 9.12. The van der Waals surface area contributed by atoms with Crippen LogP contribution in [-0.4, -0.2) is 23.3 Å². The SMILES string of the molecule is CCC(C)(CCO)NC1CCCCCCC1. The summed E-state index contributed by atoms with van der Waals surface area (Å²) in [5.41, 5.74) is 0.138. The van der Waals surface area contributed by atoms with Crippen LogP contribution in [0.5, 0.6) is 0 Å². The smallest absolute Gasteiger partial charge is 0.0448 e. The largest absolute Gasteiger partial charge is 0.396 e. The van der Waals surface area contributed by atoms with Gasteiger partial charge in [0, 0.05) is 18.2 Å². The minimum Gasteiger partial charge on any atom is -0.396 e. The highest BCUT2D eigenvalue weighted by atomic mass is 16.3. The van der Waals surface area contributed by atoms with Crippen LogP contribution in [0.3, 0.4) is 0 Å². The van der Waals surface area contributed by atoms with Crippen molar-refractivity contribution < 1.29 is 5.11 Å². The summed E-state index contributed by atoms with van der Waals surface area (Å²) in [5.74, 6) is 0. The highest BCUT2D eigenvalue weighted by Crippen LogP contribution is 2.22. The molecule has 0 aliphatic heterocycles. The molecule has 2 N–H and O–H groups in total. The second-order valence-electron chi connectivity index (χ2n) is 5.57. The van der Waals surface area contributed by atoms with Crippen molar-refractivity contribution >= 4 is 0 Å². The highest BCUT2D eigenvalue weighted by Gasteiger charge is 2.24. The van der Waals surface area contributed by atoms with Crippen LogP contribution < -0.4 is 5.32 Å². The Morgan fingerprint density at radius 3 is 2.19 bits per heavy atom. The maximum Gasteiger partial charge on any atom is 0.0448 e. The minimum atomic E-state index is 0.138. The van der Waals surface area contributed by atoms with Gasteiger partial charge in [0.1, 0.15) is 0 Å². The molecule has 0 aromatic carbocycles. The Morgan fingerprint density at radius 2 is 1.69 bits per heavy atom. The monoisotopic (exact) mass is 227 g/mol. The van der Waals surface area contributed by atoms with E-state index in [1.54, 1.807) is 0 Å². The van der Waals surface area contributed by atoms with Gasteiger partial charge in [-0.25, -0.2) is 0 Å². The first-order valence-electron chi connectivity index (χ1n) is 7.09. The van der Waals surface area contributed by atoms with Crippen LogP contribution in [0.1, 0.15) is 71.6 Å². The normalized spacial score (nSPS) is 23.4. The van der Waals surface area contributed by atoms with Gasteiger partial charge < -0.3 is 10.4 Å². The van der Waals surface area contributed by atoms with E-state index in [2.05, 4.69) is 19.2 Å². The third-order valence-electron chi connectivity index (χ3n) is 4.10. The third kappa shape index (κ3) is 4.84. The molecule has 1 unspecified atom stereocenters. The van der Waals surface area contributed by atoms with Crippen molar-refractivity contribution in [3.8, 4) is 0 Å². The summed E-state index contributed by atoms with van der Waals surface area (Å²) in [4.78, 5) is 0. The predicted octanol–water partition coefficient (Wildman–Crippen LogP) is 3.24. The second kappa shape index (κ2) is 7.29. The first-order chi connectivity index (χ1) is 7.70. The van der Waals surface area contributed by atoms with Gasteiger partial charge >= 0.3 is 0 Å². The molecule has 2 nitrogen and oxygen atoms in total. The number of hydrogen-bond donors (Lipinski definition) is 2. The Hall–Kier alpha value is -0.0800. The predicted molar refractivity (Wildman–Crippen MR) is 69.6 cm³/mol. The van der Waals surface area contributed by atoms with E-state index in [0.717, 1.165) is 12.8 Å². The summed E-state index contributed by atoms with van der Waals surface area (Å²) in [6.07, 6.45) is 11.6. The summed E-state index contributed by atoms with van der Waals surface area (Å²) in [7, 11) is 0. The lowest BCUT2D eigenvalue weighted by Gasteiger charge is -2.35. The van der Waals surface area contributed by atoms with Crippen molar-refractivity contribution in [2.75, 3.05) is 6.61 Å². The number of hydrogen-bond acceptors (Lipinski definition) is 2. The van der Waals surface area contributed by atoms with E-state index >= 15 is 0 Å². The molecule has 0 amide bonds. The van der Waals surface area contributed by atoms with Crippen LogP contribution in [0.2, 0.25) is 0 Å². The zero-order valence-corrected chi connectivity index (χ0v) is 11.1. The third-order valence-corrected chi connectivity index (χ3v) is 4.10. The highest BCUT2D eigenvalue weighted by molar-refractivity contribution is 4.85. The van der Waals surface area contributed by atoms with Crippen molar-refractivity contribution in [3.05, 3.63) is 0 Å². The van der Waals surface area contributed by atoms with Crippen LogP contribution in [0.15, 0.2) is 0 Å². The molecular weight excluding hydrogens is 198 g/mol. The van der Waals surface area contributed by atoms with Gasteiger partial charge in [-0.3, -0.25) is 0 Å². The Labute approximate surface area is 101 Å². The van der Waals surface area contributed by atoms with Crippen molar-refractivity contribution in [2.24, 2.45) is 0 Å². The van der Waals surface area contributed by atoms with Gasteiger partial charge in [-0.05, 0) is 32.6 Å². The Kier molecular flexibility index (Phi) is 6.37. The first-order valence-corrected chi connectivity index (χ1v) is 7.09. The van der Waals surface area contributed by atoms with E-state index < -0.39 is 0 Å². The molecule has 0 aromatic rings. The molecule has 1 aliphatic carbocycles. The van der Waals surface area contributed by atoms with E-state index in [1.807, 2.05) is 0 Å². The summed E-state index contributed by atoms with van der Waals surface area (Å²) >= 11 is 0. The zero-order chi connectivity index (χ0) is 11.9. The molecule has 96 valence electrons. The minimum absolute atomic E-state index is 0.138. The topological polar surface area (TPSA) is 32.3 Å². The molecule has 0 spiro atoms. The average Bonchev–Trinajstić information content (AvgIpc) is 2.22. The molecule has 1 atom stereocenters. The fourth-order valence-corrected chi connectivity index (χ4v) is 2.69. The molecular formula is C14H29NO. The van der Waals surface area contributed by atoms with Crippen molar-refractivity contribution in [1.82, 2.24) is 5.32 Å². The summed E-state index contributed by atoms with van der Waals surface area (Å²) in [6.45, 7) is 4.76. The molecule has 1 rings (SSSR count). The zero-order valence-electron chi connectivity index (χ0n) is 11.1. The van der Waals surface area contributed by atoms with Crippen molar-refractivity contribution in [1.29, 1.82) is 0 Å². The lowest BCUT2D eigenvalue weighted by molar-refractivity contribution is 0.192. The van der Waals surface area contributed by atoms with Crippen molar-refractivity contribution in [2.45, 2.75) is 83.2 Å². The number of aliphatic hydroxyl groups excluding tert-OH is 1. The van der Waals surface area contributed by atoms with Gasteiger partial charge in [-0.2, -0.15) is 0 Å². The van der Waals surface area contributed by atoms with Crippen LogP contribution >= 0.6 is 0 Å². The van der Waals surface area contributed by atoms with Crippen LogP contribution in [0, 0.1) is 0 Å². The van der Waals surface area contributed by atoms with E-state index in [1.165, 1.54) is 44.9 Å². The molecule has 0 bridgehead atoms. The summed E-state index contributed by atoms with van der Waals surface area (Å²) in [5, 5.41) is 12.9. The second-order valence-corrected chi connectivity index (χ2v) is 5.57. The Bertz CT molecular complexity index is 176. The molecule has 1 aliphatic rings. The lowest BCUT2D eigenvalue weighted by Crippen LogP contribution is -2.48. The fourth-order valence-electron chi connectivity index (χ4n) is 2.69. The van der Waals surface area contributed by atoms with Crippen LogP contribution in [0.4, 0.5) is 0 Å². The van der Waals surface area contributed by atoms with Gasteiger partial charge in [0.2, 0.25) is 0 Å². The first kappa shape index (κ1) is 14.0. The number of nitrogens with one attached hydrogen (secondary N) is 1. The molecule has 16 heavy (non-hydrogen) atoms. The Balaban J connectivity index is 2.41. The summed E-state index contributed by atoms with van der Waals surface area (Å²) < 4.78 is 0. The molecule has 1 saturated carbocycles. The summed E-state index contributed by atoms with van der Waals surface area (Å²) in [6, 6.07) is 0.678. The number of aliphatic hydroxyl groups is 1. The Morgan fingerprint density at radius 1 is 1.12 bits per heavy atom. The maximum atomic E-state index is 9.12. The van der Waals surface area contributed by atoms with Crippen molar-refractivity contribution in [3.63, 3.8) is 0 Å². The fraction of sp³-hybridized carbons (Fsp3) is 1.00. The van der Waals surface area contributed by atoms with Gasteiger partial charge in [0.25, 0.3) is 0 Å². The van der Waals surface area contributed by atoms with Crippen LogP contribution in [-0.2, 0) is 0 Å².